The second-order valence-electron chi connectivity index (χ2n) is 5.12. The van der Waals surface area contributed by atoms with Gasteiger partial charge in [-0.15, -0.1) is 0 Å². The largest absolute Gasteiger partial charge is 0.447 e. The molecule has 0 radical (unpaired) electrons. The van der Waals surface area contributed by atoms with Crippen molar-refractivity contribution in [2.24, 2.45) is 11.7 Å². The van der Waals surface area contributed by atoms with Gasteiger partial charge in [-0.2, -0.15) is 0 Å². The van der Waals surface area contributed by atoms with Crippen LogP contribution in [0.3, 0.4) is 0 Å². The Balaban J connectivity index is 2.01. The number of hydrogen-bond acceptors (Lipinski definition) is 4. The molecule has 0 aliphatic carbocycles. The predicted molar refractivity (Wildman–Crippen MR) is 81.3 cm³/mol. The van der Waals surface area contributed by atoms with Crippen molar-refractivity contribution in [1.29, 1.82) is 0 Å². The normalized spacial score (nSPS) is 20.0. The van der Waals surface area contributed by atoms with Gasteiger partial charge in [-0.05, 0) is 37.1 Å². The first-order valence-electron chi connectivity index (χ1n) is 7.17. The average molecular weight is 313 g/mol. The zero-order valence-corrected chi connectivity index (χ0v) is 12.6. The summed E-state index contributed by atoms with van der Waals surface area (Å²) in [5, 5.41) is 4.08. The minimum absolute atomic E-state index is 0.0621. The van der Waals surface area contributed by atoms with Crippen molar-refractivity contribution in [3.8, 4) is 0 Å². The standard InChI is InChI=1S/C15H21ClN2O3/c16-13-5-1-3-11(9-13)14(12-4-2-6-18-10-12)20-7-8-21-15(17)19/h1,3,5,9,12,14,18H,2,4,6-8,10H2,(H2,17,19)/t12-,14+/m1/s1. The van der Waals surface area contributed by atoms with Gasteiger partial charge in [0.25, 0.3) is 0 Å². The van der Waals surface area contributed by atoms with Crippen molar-refractivity contribution in [2.45, 2.75) is 18.9 Å². The van der Waals surface area contributed by atoms with Crippen molar-refractivity contribution in [1.82, 2.24) is 5.32 Å². The van der Waals surface area contributed by atoms with Gasteiger partial charge in [0.2, 0.25) is 0 Å². The second kappa shape index (κ2) is 8.22. The number of halogens is 1. The highest BCUT2D eigenvalue weighted by molar-refractivity contribution is 6.30. The molecular weight excluding hydrogens is 292 g/mol. The molecule has 5 nitrogen and oxygen atoms in total. The molecule has 1 heterocycles. The zero-order valence-electron chi connectivity index (χ0n) is 11.9. The topological polar surface area (TPSA) is 73.6 Å². The van der Waals surface area contributed by atoms with Crippen molar-refractivity contribution in [2.75, 3.05) is 26.3 Å². The molecule has 21 heavy (non-hydrogen) atoms. The first kappa shape index (κ1) is 16.1. The lowest BCUT2D eigenvalue weighted by Gasteiger charge is -2.31. The quantitative estimate of drug-likeness (QED) is 0.792. The summed E-state index contributed by atoms with van der Waals surface area (Å²) in [6, 6.07) is 7.71. The summed E-state index contributed by atoms with van der Waals surface area (Å²) in [7, 11) is 0. The molecule has 1 amide bonds. The van der Waals surface area contributed by atoms with Gasteiger partial charge in [-0.3, -0.25) is 0 Å². The van der Waals surface area contributed by atoms with E-state index in [9.17, 15) is 4.79 Å². The Kier molecular flexibility index (Phi) is 6.29. The predicted octanol–water partition coefficient (Wildman–Crippen LogP) is 2.49. The maximum absolute atomic E-state index is 10.6. The number of piperidine rings is 1. The van der Waals surface area contributed by atoms with Crippen molar-refractivity contribution in [3.63, 3.8) is 0 Å². The first-order valence-corrected chi connectivity index (χ1v) is 7.54. The number of ether oxygens (including phenoxy) is 2. The van der Waals surface area contributed by atoms with E-state index in [4.69, 9.17) is 26.8 Å². The van der Waals surface area contributed by atoms with Crippen LogP contribution in [-0.2, 0) is 9.47 Å². The molecule has 1 aromatic carbocycles. The lowest BCUT2D eigenvalue weighted by atomic mass is 9.89. The molecule has 1 saturated heterocycles. The fraction of sp³-hybridized carbons (Fsp3) is 0.533. The number of nitrogens with two attached hydrogens (primary N) is 1. The highest BCUT2D eigenvalue weighted by Gasteiger charge is 2.26. The van der Waals surface area contributed by atoms with Crippen LogP contribution < -0.4 is 11.1 Å². The Hall–Kier alpha value is -1.30. The van der Waals surface area contributed by atoms with Gasteiger partial charge in [0.15, 0.2) is 0 Å². The number of primary amides is 1. The molecule has 0 aromatic heterocycles. The van der Waals surface area contributed by atoms with Gasteiger partial charge in [-0.25, -0.2) is 4.79 Å². The Bertz CT molecular complexity index is 464. The van der Waals surface area contributed by atoms with Gasteiger partial charge in [-0.1, -0.05) is 23.7 Å². The highest BCUT2D eigenvalue weighted by atomic mass is 35.5. The van der Waals surface area contributed by atoms with Gasteiger partial charge in [0.05, 0.1) is 12.7 Å². The van der Waals surface area contributed by atoms with Crippen LogP contribution in [0.1, 0.15) is 24.5 Å². The molecule has 0 bridgehead atoms. The third-order valence-electron chi connectivity index (χ3n) is 3.57. The van der Waals surface area contributed by atoms with E-state index in [-0.39, 0.29) is 12.7 Å². The molecule has 0 spiro atoms. The summed E-state index contributed by atoms with van der Waals surface area (Å²) in [4.78, 5) is 10.6. The summed E-state index contributed by atoms with van der Waals surface area (Å²) in [6.45, 7) is 2.43. The SMILES string of the molecule is NC(=O)OCCO[C@@H](c1cccc(Cl)c1)[C@@H]1CCCNC1. The zero-order chi connectivity index (χ0) is 15.1. The number of amides is 1. The maximum Gasteiger partial charge on any atom is 0.404 e. The lowest BCUT2D eigenvalue weighted by molar-refractivity contribution is -0.0156. The number of nitrogens with one attached hydrogen (secondary N) is 1. The van der Waals surface area contributed by atoms with E-state index in [1.165, 1.54) is 0 Å². The molecule has 1 aliphatic rings. The number of carbonyl (C=O) groups is 1. The van der Waals surface area contributed by atoms with Gasteiger partial charge in [0.1, 0.15) is 6.61 Å². The lowest BCUT2D eigenvalue weighted by Crippen LogP contribution is -2.34. The minimum atomic E-state index is -0.780. The summed E-state index contributed by atoms with van der Waals surface area (Å²) in [5.41, 5.74) is 5.99. The average Bonchev–Trinajstić information content (AvgIpc) is 2.48. The van der Waals surface area contributed by atoms with Gasteiger partial charge in [0, 0.05) is 17.5 Å². The van der Waals surface area contributed by atoms with Crippen molar-refractivity contribution in [3.05, 3.63) is 34.9 Å². The van der Waals surface area contributed by atoms with E-state index in [1.807, 2.05) is 24.3 Å². The van der Waals surface area contributed by atoms with E-state index >= 15 is 0 Å². The maximum atomic E-state index is 10.6. The van der Waals surface area contributed by atoms with Crippen LogP contribution in [0.15, 0.2) is 24.3 Å². The molecule has 2 rings (SSSR count). The van der Waals surface area contributed by atoms with Gasteiger partial charge >= 0.3 is 6.09 Å². The summed E-state index contributed by atoms with van der Waals surface area (Å²) < 4.78 is 10.7. The fourth-order valence-corrected chi connectivity index (χ4v) is 2.84. The summed E-state index contributed by atoms with van der Waals surface area (Å²) in [5.74, 6) is 0.380. The van der Waals surface area contributed by atoms with Crippen LogP contribution in [0.4, 0.5) is 4.79 Å². The molecule has 1 fully saturated rings. The Morgan fingerprint density at radius 1 is 1.48 bits per heavy atom. The molecule has 0 unspecified atom stereocenters. The number of rotatable bonds is 6. The molecule has 0 saturated carbocycles. The Morgan fingerprint density at radius 2 is 2.33 bits per heavy atom. The van der Waals surface area contributed by atoms with Crippen LogP contribution in [0.25, 0.3) is 0 Å². The van der Waals surface area contributed by atoms with Crippen LogP contribution in [0.5, 0.6) is 0 Å². The van der Waals surface area contributed by atoms with E-state index in [0.717, 1.165) is 31.5 Å². The molecule has 6 heteroatoms. The van der Waals surface area contributed by atoms with Crippen LogP contribution >= 0.6 is 11.6 Å². The van der Waals surface area contributed by atoms with E-state index in [1.54, 1.807) is 0 Å². The second-order valence-corrected chi connectivity index (χ2v) is 5.56. The Labute approximate surface area is 129 Å². The van der Waals surface area contributed by atoms with E-state index in [2.05, 4.69) is 5.32 Å². The molecule has 2 atom stereocenters. The summed E-state index contributed by atoms with van der Waals surface area (Å²) in [6.07, 6.45) is 1.38. The molecule has 116 valence electrons. The smallest absolute Gasteiger partial charge is 0.404 e. The number of benzene rings is 1. The number of hydrogen-bond donors (Lipinski definition) is 2. The highest BCUT2D eigenvalue weighted by Crippen LogP contribution is 2.31. The molecule has 1 aliphatic heterocycles. The van der Waals surface area contributed by atoms with Crippen LogP contribution in [0, 0.1) is 5.92 Å². The molecule has 1 aromatic rings. The Morgan fingerprint density at radius 3 is 3.00 bits per heavy atom. The third-order valence-corrected chi connectivity index (χ3v) is 3.80. The van der Waals surface area contributed by atoms with Gasteiger partial charge < -0.3 is 20.5 Å². The van der Waals surface area contributed by atoms with Crippen molar-refractivity contribution >= 4 is 17.7 Å². The molecular formula is C15H21ClN2O3. The summed E-state index contributed by atoms with van der Waals surface area (Å²) >= 11 is 6.07. The first-order chi connectivity index (χ1) is 10.2. The fourth-order valence-electron chi connectivity index (χ4n) is 2.64. The van der Waals surface area contributed by atoms with Crippen molar-refractivity contribution < 1.29 is 14.3 Å². The van der Waals surface area contributed by atoms with E-state index < -0.39 is 6.09 Å². The number of carbonyl (C=O) groups excluding carboxylic acids is 1. The van der Waals surface area contributed by atoms with Crippen LogP contribution in [-0.4, -0.2) is 32.4 Å². The monoisotopic (exact) mass is 312 g/mol. The molecule has 3 N–H and O–H groups in total. The third kappa shape index (κ3) is 5.19. The minimum Gasteiger partial charge on any atom is -0.447 e. The van der Waals surface area contributed by atoms with E-state index in [0.29, 0.717) is 17.5 Å². The van der Waals surface area contributed by atoms with Crippen LogP contribution in [0.2, 0.25) is 5.02 Å².